The van der Waals surface area contributed by atoms with Crippen molar-refractivity contribution in [2.75, 3.05) is 158 Å². The Kier molecular flexibility index (Phi) is 32.8. The fraction of sp³-hybridized carbons (Fsp3) is 0.609. The van der Waals surface area contributed by atoms with Gasteiger partial charge in [0.25, 0.3) is 18.9 Å². The minimum Gasteiger partial charge on any atom is -0.494 e. The van der Waals surface area contributed by atoms with Gasteiger partial charge in [-0.2, -0.15) is 5.26 Å². The lowest BCUT2D eigenvalue weighted by Crippen LogP contribution is -2.52. The molecule has 3 saturated heterocycles. The molecule has 5 N–H and O–H groups in total. The Bertz CT molecular complexity index is 2940. The third kappa shape index (κ3) is 27.7. The summed E-state index contributed by atoms with van der Waals surface area (Å²) in [6.45, 7) is 8.66. The average Bonchev–Trinajstić information content (AvgIpc) is 1.82. The molecule has 510 valence electrons. The highest BCUT2D eigenvalue weighted by Gasteiger charge is 2.43. The van der Waals surface area contributed by atoms with Gasteiger partial charge in [0.05, 0.1) is 56.5 Å². The number of ether oxygens (including phenoxy) is 4. The Morgan fingerprint density at radius 1 is 0.731 bits per heavy atom. The molecule has 3 aliphatic heterocycles. The second-order valence-electron chi connectivity index (χ2n) is 23.7. The number of nitrogens with one attached hydrogen (secondary N) is 4. The van der Waals surface area contributed by atoms with Gasteiger partial charge in [0, 0.05) is 133 Å². The molecule has 2 unspecified atom stereocenters. The average molecular weight is 1410 g/mol. The molecule has 3 atom stereocenters. The first-order chi connectivity index (χ1) is 44.9. The molecule has 6 rings (SSSR count). The van der Waals surface area contributed by atoms with E-state index in [9.17, 15) is 57.9 Å². The van der Waals surface area contributed by atoms with Crippen molar-refractivity contribution in [2.45, 2.75) is 95.3 Å². The third-order valence-electron chi connectivity index (χ3n) is 16.4. The number of carbonyl (C=O) groups excluding carboxylic acids is 8. The number of carboxylic acids is 1. The summed E-state index contributed by atoms with van der Waals surface area (Å²) in [5, 5.41) is 31.0. The van der Waals surface area contributed by atoms with Crippen LogP contribution in [0, 0.1) is 14.9 Å². The summed E-state index contributed by atoms with van der Waals surface area (Å²) in [6.07, 6.45) is 7.31. The Morgan fingerprint density at radius 3 is 2.06 bits per heavy atom. The predicted octanol–water partition coefficient (Wildman–Crippen LogP) is 2.00. The SMILES string of the molecule is CC1(F)C[C@H](C#N)N(C(=O)CNC(=O)c2ccnc3ccc(OCCCCN4CCN(C(=O)CCCCCNC(=O)C(CCOCCNC(=O)CCCc5ccc(I)cc5)NC(=O)CN5CCN(COC=O)CCN(COC=O)CCN(CC(=O)O)CC5)CC4)cc23)C1. The van der Waals surface area contributed by atoms with E-state index in [1.54, 1.807) is 29.2 Å². The van der Waals surface area contributed by atoms with Crippen molar-refractivity contribution in [3.8, 4) is 11.8 Å². The number of rotatable bonds is 37. The molecule has 27 nitrogen and oxygen atoms in total. The van der Waals surface area contributed by atoms with Crippen molar-refractivity contribution >= 4 is 87.9 Å². The molecule has 3 aromatic rings. The number of amides is 6. The number of fused-ring (bicyclic) bond motifs is 1. The van der Waals surface area contributed by atoms with Crippen LogP contribution in [0.3, 0.4) is 0 Å². The zero-order valence-corrected chi connectivity index (χ0v) is 55.4. The first-order valence-electron chi connectivity index (χ1n) is 32.0. The fourth-order valence-electron chi connectivity index (χ4n) is 11.2. The zero-order valence-electron chi connectivity index (χ0n) is 53.3. The topological polar surface area (TPSA) is 318 Å². The smallest absolute Gasteiger partial charge is 0.317 e. The standard InChI is InChI=1S/C64H91FIN13O14/c1-64(65)39-51(40-67)79(44-64)60(85)41-71-62(88)53-17-20-68-55-16-15-52(38-54(53)55)93-35-6-5-22-73-31-33-78(34-32-73)59(84)10-3-2-4-19-70-63(89)56(18-36-90-37-21-69-57(82)9-7-8-49-11-13-50(66)14-12-49)72-58(83)42-74-23-24-75(43-61(86)87)26-28-77(46-92-48-81)30-29-76(27-25-74)45-91-47-80/h11-17,20,38,47-48,51,56H,2-10,18-19,21-37,39,41-46H2,1H3,(H,69,82)(H,70,89)(H,71,88)(H,72,83)(H,86,87)/t51-,56?,64?/m1/s1. The van der Waals surface area contributed by atoms with Crippen LogP contribution in [0.15, 0.2) is 54.7 Å². The summed E-state index contributed by atoms with van der Waals surface area (Å²) in [7, 11) is 0. The molecule has 0 saturated carbocycles. The number of hydrogen-bond acceptors (Lipinski definition) is 20. The van der Waals surface area contributed by atoms with Crippen molar-refractivity contribution < 1.29 is 71.6 Å². The number of carboxylic acid groups (broad SMARTS) is 1. The maximum absolute atomic E-state index is 14.6. The number of hydrogen-bond donors (Lipinski definition) is 5. The number of likely N-dealkylation sites (tertiary alicyclic amines) is 1. The second kappa shape index (κ2) is 40.8. The lowest BCUT2D eigenvalue weighted by atomic mass is 10.1. The van der Waals surface area contributed by atoms with Crippen molar-refractivity contribution in [1.82, 2.24) is 60.6 Å². The zero-order chi connectivity index (χ0) is 66.8. The molecule has 3 fully saturated rings. The monoisotopic (exact) mass is 1410 g/mol. The summed E-state index contributed by atoms with van der Waals surface area (Å²) >= 11 is 2.25. The van der Waals surface area contributed by atoms with E-state index in [1.165, 1.54) is 13.1 Å². The van der Waals surface area contributed by atoms with E-state index in [1.807, 2.05) is 37.8 Å². The van der Waals surface area contributed by atoms with E-state index < -0.39 is 47.4 Å². The Hall–Kier alpha value is -7.21. The van der Waals surface area contributed by atoms with E-state index in [4.69, 9.17) is 18.9 Å². The van der Waals surface area contributed by atoms with Crippen molar-refractivity contribution in [3.05, 3.63) is 69.4 Å². The van der Waals surface area contributed by atoms with E-state index >= 15 is 0 Å². The number of benzene rings is 2. The van der Waals surface area contributed by atoms with Crippen molar-refractivity contribution in [3.63, 3.8) is 0 Å². The number of aromatic nitrogens is 1. The number of unbranched alkanes of at least 4 members (excludes halogenated alkanes) is 3. The van der Waals surface area contributed by atoms with Gasteiger partial charge >= 0.3 is 5.97 Å². The predicted molar refractivity (Wildman–Crippen MR) is 349 cm³/mol. The van der Waals surface area contributed by atoms with Gasteiger partial charge in [-0.25, -0.2) is 4.39 Å². The molecule has 1 aromatic heterocycles. The lowest BCUT2D eigenvalue weighted by Gasteiger charge is -2.34. The van der Waals surface area contributed by atoms with Crippen molar-refractivity contribution in [1.29, 1.82) is 5.26 Å². The van der Waals surface area contributed by atoms with Gasteiger partial charge in [-0.1, -0.05) is 18.6 Å². The van der Waals surface area contributed by atoms with Crippen molar-refractivity contribution in [2.24, 2.45) is 0 Å². The fourth-order valence-corrected chi connectivity index (χ4v) is 11.6. The highest BCUT2D eigenvalue weighted by molar-refractivity contribution is 14.1. The molecular formula is C64H91FIN13O14. The summed E-state index contributed by atoms with van der Waals surface area (Å²) in [5.41, 5.74) is 0.349. The number of aryl methyl sites for hydroxylation is 1. The number of alkyl halides is 1. The van der Waals surface area contributed by atoms with Gasteiger partial charge in [0.2, 0.25) is 29.5 Å². The van der Waals surface area contributed by atoms with Crippen LogP contribution < -0.4 is 26.0 Å². The first kappa shape index (κ1) is 74.8. The second-order valence-corrected chi connectivity index (χ2v) is 24.9. The van der Waals surface area contributed by atoms with E-state index in [0.29, 0.717) is 139 Å². The van der Waals surface area contributed by atoms with Gasteiger partial charge in [-0.05, 0) is 123 Å². The summed E-state index contributed by atoms with van der Waals surface area (Å²) in [6, 6.07) is 15.1. The molecule has 6 amide bonds. The number of piperazine rings is 1. The normalized spacial score (nSPS) is 18.5. The molecular weight excluding hydrogens is 1320 g/mol. The quantitative estimate of drug-likeness (QED) is 0.0313. The summed E-state index contributed by atoms with van der Waals surface area (Å²) < 4.78 is 37.7. The first-order valence-corrected chi connectivity index (χ1v) is 33.1. The Labute approximate surface area is 556 Å². The molecule has 29 heteroatoms. The summed E-state index contributed by atoms with van der Waals surface area (Å²) in [4.78, 5) is 131. The third-order valence-corrected chi connectivity index (χ3v) is 17.1. The van der Waals surface area contributed by atoms with Gasteiger partial charge in [0.15, 0.2) is 0 Å². The highest BCUT2D eigenvalue weighted by atomic mass is 127. The molecule has 3 aliphatic rings. The minimum absolute atomic E-state index is 0.00613. The van der Waals surface area contributed by atoms with Gasteiger partial charge < -0.3 is 55.1 Å². The van der Waals surface area contributed by atoms with E-state index in [2.05, 4.69) is 65.9 Å². The number of pyridine rings is 1. The van der Waals surface area contributed by atoms with Crippen LogP contribution in [0.2, 0.25) is 0 Å². The number of nitrogens with zero attached hydrogens (tertiary/aromatic N) is 9. The van der Waals surface area contributed by atoms with Gasteiger partial charge in [-0.15, -0.1) is 0 Å². The molecule has 0 bridgehead atoms. The van der Waals surface area contributed by atoms with E-state index in [-0.39, 0.29) is 97.1 Å². The van der Waals surface area contributed by atoms with Crippen LogP contribution in [-0.4, -0.2) is 274 Å². The highest BCUT2D eigenvalue weighted by Crippen LogP contribution is 2.30. The van der Waals surface area contributed by atoms with Crippen LogP contribution in [0.5, 0.6) is 5.75 Å². The molecule has 0 aliphatic carbocycles. The number of aliphatic carboxylic acids is 1. The largest absolute Gasteiger partial charge is 0.494 e. The molecule has 0 radical (unpaired) electrons. The molecule has 93 heavy (non-hydrogen) atoms. The van der Waals surface area contributed by atoms with E-state index in [0.717, 1.165) is 52.9 Å². The lowest BCUT2D eigenvalue weighted by molar-refractivity contribution is -0.139. The van der Waals surface area contributed by atoms with Crippen LogP contribution in [0.25, 0.3) is 10.9 Å². The molecule has 4 heterocycles. The van der Waals surface area contributed by atoms with Gasteiger partial charge in [-0.3, -0.25) is 72.6 Å². The van der Waals surface area contributed by atoms with Crippen LogP contribution >= 0.6 is 22.6 Å². The maximum atomic E-state index is 14.6. The number of carbonyl (C=O) groups is 9. The number of halogens is 2. The Balaban J connectivity index is 0.904. The van der Waals surface area contributed by atoms with Crippen LogP contribution in [0.4, 0.5) is 4.39 Å². The minimum atomic E-state index is -1.67. The molecule has 0 spiro atoms. The molecule has 2 aromatic carbocycles. The maximum Gasteiger partial charge on any atom is 0.317 e. The summed E-state index contributed by atoms with van der Waals surface area (Å²) in [5.74, 6) is -2.38. The van der Waals surface area contributed by atoms with Gasteiger partial charge in [0.1, 0.15) is 37.0 Å². The van der Waals surface area contributed by atoms with Crippen LogP contribution in [0.1, 0.15) is 87.1 Å². The Morgan fingerprint density at radius 2 is 1.40 bits per heavy atom. The van der Waals surface area contributed by atoms with Crippen LogP contribution in [-0.2, 0) is 59.0 Å². The number of nitriles is 1.